The van der Waals surface area contributed by atoms with Gasteiger partial charge in [0.15, 0.2) is 11.6 Å². The first-order chi connectivity index (χ1) is 16.3. The molecule has 0 bridgehead atoms. The Morgan fingerprint density at radius 3 is 2.74 bits per heavy atom. The molecule has 3 N–H and O–H groups in total. The Kier molecular flexibility index (Phi) is 5.27. The van der Waals surface area contributed by atoms with Crippen LogP contribution in [0.4, 0.5) is 15.8 Å². The lowest BCUT2D eigenvalue weighted by Crippen LogP contribution is -2.41. The highest BCUT2D eigenvalue weighted by molar-refractivity contribution is 6.01. The maximum absolute atomic E-state index is 15.5. The predicted octanol–water partition coefficient (Wildman–Crippen LogP) is 3.65. The van der Waals surface area contributed by atoms with Crippen LogP contribution < -0.4 is 21.2 Å². The number of fused-ring (bicyclic) bond motifs is 1. The first-order valence-electron chi connectivity index (χ1n) is 11.8. The molecule has 0 atom stereocenters. The quantitative estimate of drug-likeness (QED) is 0.440. The van der Waals surface area contributed by atoms with Gasteiger partial charge >= 0.3 is 0 Å². The van der Waals surface area contributed by atoms with Crippen molar-refractivity contribution in [1.29, 1.82) is 5.26 Å². The van der Waals surface area contributed by atoms with E-state index in [2.05, 4.69) is 10.4 Å². The number of ether oxygens (including phenoxy) is 1. The van der Waals surface area contributed by atoms with Gasteiger partial charge in [0.2, 0.25) is 5.43 Å². The average molecular weight is 465 g/mol. The molecular weight excluding hydrogens is 435 g/mol. The fourth-order valence-electron chi connectivity index (χ4n) is 5.65. The van der Waals surface area contributed by atoms with Crippen molar-refractivity contribution in [3.05, 3.63) is 44.8 Å². The van der Waals surface area contributed by atoms with Crippen molar-refractivity contribution < 1.29 is 9.13 Å². The zero-order chi connectivity index (χ0) is 24.2. The normalized spacial score (nSPS) is 16.1. The number of nitrogens with two attached hydrogens (primary N) is 1. The third-order valence-electron chi connectivity index (χ3n) is 7.59. The average Bonchev–Trinajstić information content (AvgIpc) is 3.38. The second-order valence-electron chi connectivity index (χ2n) is 9.53. The highest BCUT2D eigenvalue weighted by Crippen LogP contribution is 2.48. The third kappa shape index (κ3) is 3.16. The monoisotopic (exact) mass is 464 g/mol. The fourth-order valence-corrected chi connectivity index (χ4v) is 5.65. The Morgan fingerprint density at radius 2 is 2.09 bits per heavy atom. The van der Waals surface area contributed by atoms with E-state index in [4.69, 9.17) is 10.5 Å². The van der Waals surface area contributed by atoms with Gasteiger partial charge in [-0.05, 0) is 45.1 Å². The molecule has 1 saturated carbocycles. The zero-order valence-corrected chi connectivity index (χ0v) is 19.8. The largest absolute Gasteiger partial charge is 0.487 e. The molecule has 3 heterocycles. The summed E-state index contributed by atoms with van der Waals surface area (Å²) in [5.41, 5.74) is 8.99. The van der Waals surface area contributed by atoms with Gasteiger partial charge in [-0.15, -0.1) is 0 Å². The van der Waals surface area contributed by atoms with Gasteiger partial charge in [0.05, 0.1) is 27.8 Å². The van der Waals surface area contributed by atoms with E-state index < -0.39 is 11.2 Å². The van der Waals surface area contributed by atoms with E-state index in [9.17, 15) is 10.1 Å². The molecule has 9 heteroatoms. The maximum atomic E-state index is 15.5. The number of pyridine rings is 1. The number of rotatable bonds is 5. The Morgan fingerprint density at radius 1 is 1.35 bits per heavy atom. The second kappa shape index (κ2) is 8.05. The molecule has 0 radical (unpaired) electrons. The van der Waals surface area contributed by atoms with Gasteiger partial charge in [-0.25, -0.2) is 4.39 Å². The molecule has 2 aromatic heterocycles. The van der Waals surface area contributed by atoms with Gasteiger partial charge in [0.25, 0.3) is 0 Å². The van der Waals surface area contributed by atoms with Crippen molar-refractivity contribution in [2.75, 3.05) is 24.2 Å². The van der Waals surface area contributed by atoms with Crippen molar-refractivity contribution in [1.82, 2.24) is 14.3 Å². The summed E-state index contributed by atoms with van der Waals surface area (Å²) in [7, 11) is 1.92. The SMILES string of the molecule is Cc1nn(C)c(C)c1CCCNc1c(F)c(N)c2c(=O)c(C#N)cn3c2c1OCC31CCCC1. The van der Waals surface area contributed by atoms with Crippen LogP contribution in [0.15, 0.2) is 11.0 Å². The van der Waals surface area contributed by atoms with Crippen molar-refractivity contribution in [2.45, 2.75) is 57.9 Å². The number of hydrogen-bond acceptors (Lipinski definition) is 6. The van der Waals surface area contributed by atoms with Crippen LogP contribution in [0.2, 0.25) is 0 Å². The lowest BCUT2D eigenvalue weighted by Gasteiger charge is -2.39. The smallest absolute Gasteiger partial charge is 0.209 e. The number of hydrogen-bond donors (Lipinski definition) is 2. The van der Waals surface area contributed by atoms with Crippen molar-refractivity contribution >= 4 is 22.3 Å². The zero-order valence-electron chi connectivity index (χ0n) is 19.8. The van der Waals surface area contributed by atoms with E-state index in [1.165, 1.54) is 5.56 Å². The minimum atomic E-state index is -0.711. The van der Waals surface area contributed by atoms with Crippen LogP contribution in [0.5, 0.6) is 5.75 Å². The van der Waals surface area contributed by atoms with E-state index in [1.807, 2.05) is 36.2 Å². The number of nitrogens with one attached hydrogen (secondary N) is 1. The van der Waals surface area contributed by atoms with Gasteiger partial charge < -0.3 is 20.4 Å². The molecule has 0 amide bonds. The van der Waals surface area contributed by atoms with Gasteiger partial charge in [0.1, 0.15) is 23.9 Å². The number of aromatic nitrogens is 3. The summed E-state index contributed by atoms with van der Waals surface area (Å²) < 4.78 is 25.5. The summed E-state index contributed by atoms with van der Waals surface area (Å²) in [6.07, 6.45) is 6.98. The minimum Gasteiger partial charge on any atom is -0.487 e. The Labute approximate surface area is 197 Å². The summed E-state index contributed by atoms with van der Waals surface area (Å²) in [5, 5.41) is 17.2. The van der Waals surface area contributed by atoms with Crippen molar-refractivity contribution in [3.8, 4) is 11.8 Å². The molecule has 1 aromatic carbocycles. The minimum absolute atomic E-state index is 0.0272. The molecule has 1 aliphatic carbocycles. The fraction of sp³-hybridized carbons (Fsp3) is 0.480. The van der Waals surface area contributed by atoms with Crippen LogP contribution in [0.25, 0.3) is 10.9 Å². The molecule has 1 aliphatic heterocycles. The van der Waals surface area contributed by atoms with Crippen LogP contribution in [0.1, 0.15) is 54.6 Å². The van der Waals surface area contributed by atoms with Gasteiger partial charge in [-0.3, -0.25) is 9.48 Å². The van der Waals surface area contributed by atoms with Crippen LogP contribution in [-0.4, -0.2) is 27.5 Å². The first kappa shape index (κ1) is 22.3. The van der Waals surface area contributed by atoms with Crippen LogP contribution in [0, 0.1) is 31.0 Å². The summed E-state index contributed by atoms with van der Waals surface area (Å²) in [6.45, 7) is 4.90. The molecule has 8 nitrogen and oxygen atoms in total. The van der Waals surface area contributed by atoms with Crippen LogP contribution >= 0.6 is 0 Å². The lowest BCUT2D eigenvalue weighted by atomic mass is 9.93. The molecule has 1 spiro atoms. The number of nitriles is 1. The predicted molar refractivity (Wildman–Crippen MR) is 129 cm³/mol. The number of nitrogen functional groups attached to an aromatic ring is 1. The molecule has 2 aliphatic rings. The van der Waals surface area contributed by atoms with Crippen LogP contribution in [-0.2, 0) is 19.0 Å². The standard InChI is InChI=1S/C25H29FN6O2/c1-14-17(15(2)31(3)30-14)7-6-10-29-21-19(26)20(28)18-22-24(21)34-13-25(8-4-5-9-25)32(22)12-16(11-27)23(18)33/h12,29H,4-10,13,28H2,1-3H3. The maximum Gasteiger partial charge on any atom is 0.209 e. The van der Waals surface area contributed by atoms with Gasteiger partial charge in [0, 0.05) is 25.5 Å². The molecule has 0 unspecified atom stereocenters. The van der Waals surface area contributed by atoms with Crippen molar-refractivity contribution in [2.24, 2.45) is 7.05 Å². The molecule has 5 rings (SSSR count). The second-order valence-corrected chi connectivity index (χ2v) is 9.53. The summed E-state index contributed by atoms with van der Waals surface area (Å²) >= 11 is 0. The molecular formula is C25H29FN6O2. The number of aryl methyl sites for hydroxylation is 2. The highest BCUT2D eigenvalue weighted by atomic mass is 19.1. The van der Waals surface area contributed by atoms with Crippen LogP contribution in [0.3, 0.4) is 0 Å². The topological polar surface area (TPSA) is 111 Å². The number of nitrogens with zero attached hydrogens (tertiary/aromatic N) is 4. The molecule has 178 valence electrons. The first-order valence-corrected chi connectivity index (χ1v) is 11.8. The molecule has 0 saturated heterocycles. The van der Waals surface area contributed by atoms with E-state index in [-0.39, 0.29) is 27.9 Å². The molecule has 3 aromatic rings. The summed E-state index contributed by atoms with van der Waals surface area (Å²) in [6, 6.07) is 1.97. The highest BCUT2D eigenvalue weighted by Gasteiger charge is 2.42. The molecule has 34 heavy (non-hydrogen) atoms. The van der Waals surface area contributed by atoms with Crippen molar-refractivity contribution in [3.63, 3.8) is 0 Å². The summed E-state index contributed by atoms with van der Waals surface area (Å²) in [4.78, 5) is 13.0. The van der Waals surface area contributed by atoms with E-state index >= 15 is 4.39 Å². The molecule has 1 fully saturated rings. The number of halogens is 1. The lowest BCUT2D eigenvalue weighted by molar-refractivity contribution is 0.143. The van der Waals surface area contributed by atoms with E-state index in [0.29, 0.717) is 24.4 Å². The van der Waals surface area contributed by atoms with E-state index in [1.54, 1.807) is 6.20 Å². The Hall–Kier alpha value is -3.54. The Balaban J connectivity index is 1.55. The van der Waals surface area contributed by atoms with Gasteiger partial charge in [-0.2, -0.15) is 10.4 Å². The third-order valence-corrected chi connectivity index (χ3v) is 7.59. The Bertz CT molecular complexity index is 1410. The number of anilines is 2. The summed E-state index contributed by atoms with van der Waals surface area (Å²) in [5.74, 6) is -0.410. The van der Waals surface area contributed by atoms with Gasteiger partial charge in [-0.1, -0.05) is 12.8 Å². The van der Waals surface area contributed by atoms with E-state index in [0.717, 1.165) is 49.9 Å². The number of benzene rings is 1.